The molecule has 0 saturated carbocycles. The van der Waals surface area contributed by atoms with E-state index in [4.69, 9.17) is 15.2 Å². The quantitative estimate of drug-likeness (QED) is 0.823. The lowest BCUT2D eigenvalue weighted by Crippen LogP contribution is -2.24. The third-order valence-corrected chi connectivity index (χ3v) is 3.32. The Bertz CT molecular complexity index is 392. The number of methoxy groups -OCH3 is 2. The molecule has 0 aliphatic heterocycles. The van der Waals surface area contributed by atoms with Gasteiger partial charge in [-0.15, -0.1) is 0 Å². The van der Waals surface area contributed by atoms with Crippen molar-refractivity contribution in [2.75, 3.05) is 28.3 Å². The summed E-state index contributed by atoms with van der Waals surface area (Å²) < 4.78 is 10.7. The molecule has 1 rings (SSSR count). The fraction of sp³-hybridized carbons (Fsp3) is 0.600. The maximum atomic E-state index is 5.87. The molecule has 0 aromatic heterocycles. The highest BCUT2D eigenvalue weighted by Gasteiger charge is 2.19. The highest BCUT2D eigenvalue weighted by Crippen LogP contribution is 2.34. The van der Waals surface area contributed by atoms with Crippen LogP contribution in [0, 0.1) is 0 Å². The van der Waals surface area contributed by atoms with Crippen molar-refractivity contribution in [2.45, 2.75) is 31.8 Å². The largest absolute Gasteiger partial charge is 0.497 e. The van der Waals surface area contributed by atoms with Gasteiger partial charge < -0.3 is 20.1 Å². The summed E-state index contributed by atoms with van der Waals surface area (Å²) in [5, 5.41) is 0. The summed E-state index contributed by atoms with van der Waals surface area (Å²) in [6.07, 6.45) is 1.99. The molecule has 1 aromatic rings. The number of nitrogens with zero attached hydrogens (tertiary/aromatic N) is 1. The molecule has 0 bridgehead atoms. The summed E-state index contributed by atoms with van der Waals surface area (Å²) in [4.78, 5) is 2.20. The van der Waals surface area contributed by atoms with Crippen LogP contribution in [-0.4, -0.2) is 39.3 Å². The molecule has 0 heterocycles. The van der Waals surface area contributed by atoms with E-state index in [1.807, 2.05) is 19.1 Å². The van der Waals surface area contributed by atoms with Crippen molar-refractivity contribution in [3.8, 4) is 11.5 Å². The smallest absolute Gasteiger partial charge is 0.127 e. The zero-order valence-electron chi connectivity index (χ0n) is 12.6. The van der Waals surface area contributed by atoms with Crippen molar-refractivity contribution < 1.29 is 9.47 Å². The normalized spacial score (nSPS) is 14.3. The van der Waals surface area contributed by atoms with E-state index in [1.165, 1.54) is 5.56 Å². The minimum atomic E-state index is 0.215. The molecule has 19 heavy (non-hydrogen) atoms. The van der Waals surface area contributed by atoms with E-state index >= 15 is 0 Å². The lowest BCUT2D eigenvalue weighted by molar-refractivity contribution is 0.266. The van der Waals surface area contributed by atoms with Crippen LogP contribution in [0.2, 0.25) is 0 Å². The molecule has 0 saturated heterocycles. The van der Waals surface area contributed by atoms with Gasteiger partial charge in [0.15, 0.2) is 0 Å². The van der Waals surface area contributed by atoms with Crippen LogP contribution >= 0.6 is 0 Å². The van der Waals surface area contributed by atoms with E-state index in [0.717, 1.165) is 24.3 Å². The number of nitrogens with two attached hydrogens (primary N) is 1. The van der Waals surface area contributed by atoms with Gasteiger partial charge in [0.2, 0.25) is 0 Å². The van der Waals surface area contributed by atoms with E-state index in [-0.39, 0.29) is 6.04 Å². The van der Waals surface area contributed by atoms with Crippen LogP contribution in [0.15, 0.2) is 18.2 Å². The molecule has 108 valence electrons. The minimum absolute atomic E-state index is 0.215. The Hall–Kier alpha value is -1.26. The third-order valence-electron chi connectivity index (χ3n) is 3.32. The summed E-state index contributed by atoms with van der Waals surface area (Å²) in [5.74, 6) is 1.67. The van der Waals surface area contributed by atoms with E-state index < -0.39 is 0 Å². The van der Waals surface area contributed by atoms with Gasteiger partial charge in [-0.2, -0.15) is 0 Å². The summed E-state index contributed by atoms with van der Waals surface area (Å²) >= 11 is 0. The van der Waals surface area contributed by atoms with Gasteiger partial charge >= 0.3 is 0 Å². The van der Waals surface area contributed by atoms with Gasteiger partial charge in [-0.1, -0.05) is 6.07 Å². The SMILES string of the molecule is COc1ccc(C(CCC(C)N)N(C)C)c(OC)c1. The lowest BCUT2D eigenvalue weighted by Gasteiger charge is -2.27. The predicted molar refractivity (Wildman–Crippen MR) is 78.9 cm³/mol. The zero-order valence-corrected chi connectivity index (χ0v) is 12.6. The lowest BCUT2D eigenvalue weighted by atomic mass is 9.98. The van der Waals surface area contributed by atoms with Crippen molar-refractivity contribution in [2.24, 2.45) is 5.73 Å². The molecule has 2 atom stereocenters. The van der Waals surface area contributed by atoms with Crippen LogP contribution in [0.1, 0.15) is 31.4 Å². The van der Waals surface area contributed by atoms with Gasteiger partial charge in [0.1, 0.15) is 11.5 Å². The molecule has 0 fully saturated rings. The molecule has 1 aromatic carbocycles. The fourth-order valence-electron chi connectivity index (χ4n) is 2.21. The molecule has 4 heteroatoms. The monoisotopic (exact) mass is 266 g/mol. The molecule has 2 unspecified atom stereocenters. The Balaban J connectivity index is 3.00. The Morgan fingerprint density at radius 3 is 2.32 bits per heavy atom. The molecule has 0 aliphatic carbocycles. The zero-order chi connectivity index (χ0) is 14.4. The van der Waals surface area contributed by atoms with Crippen LogP contribution in [-0.2, 0) is 0 Å². The van der Waals surface area contributed by atoms with Crippen LogP contribution in [0.3, 0.4) is 0 Å². The van der Waals surface area contributed by atoms with Crippen LogP contribution in [0.25, 0.3) is 0 Å². The van der Waals surface area contributed by atoms with Crippen molar-refractivity contribution in [1.29, 1.82) is 0 Å². The Kier molecular flexibility index (Phi) is 6.12. The molecule has 0 aliphatic rings. The molecule has 0 spiro atoms. The first-order valence-electron chi connectivity index (χ1n) is 6.63. The average molecular weight is 266 g/mol. The van der Waals surface area contributed by atoms with E-state index in [9.17, 15) is 0 Å². The van der Waals surface area contributed by atoms with Gasteiger partial charge in [0.05, 0.1) is 14.2 Å². The van der Waals surface area contributed by atoms with Gasteiger partial charge in [0, 0.05) is 23.7 Å². The Labute approximate surface area is 116 Å². The second kappa shape index (κ2) is 7.36. The average Bonchev–Trinajstić information content (AvgIpc) is 2.38. The number of ether oxygens (including phenoxy) is 2. The van der Waals surface area contributed by atoms with Gasteiger partial charge in [-0.3, -0.25) is 0 Å². The fourth-order valence-corrected chi connectivity index (χ4v) is 2.21. The first-order valence-corrected chi connectivity index (χ1v) is 6.63. The summed E-state index contributed by atoms with van der Waals surface area (Å²) in [5.41, 5.74) is 7.04. The van der Waals surface area contributed by atoms with Crippen molar-refractivity contribution in [3.63, 3.8) is 0 Å². The number of hydrogen-bond acceptors (Lipinski definition) is 4. The second-order valence-electron chi connectivity index (χ2n) is 5.14. The van der Waals surface area contributed by atoms with E-state index in [2.05, 4.69) is 25.1 Å². The molecule has 2 N–H and O–H groups in total. The second-order valence-corrected chi connectivity index (χ2v) is 5.14. The predicted octanol–water partition coefficient (Wildman–Crippen LogP) is 2.43. The van der Waals surface area contributed by atoms with Crippen molar-refractivity contribution in [3.05, 3.63) is 23.8 Å². The topological polar surface area (TPSA) is 47.7 Å². The molecular weight excluding hydrogens is 240 g/mol. The van der Waals surface area contributed by atoms with Crippen LogP contribution in [0.5, 0.6) is 11.5 Å². The summed E-state index contributed by atoms with van der Waals surface area (Å²) in [7, 11) is 7.51. The van der Waals surface area contributed by atoms with Gasteiger partial charge in [0.25, 0.3) is 0 Å². The van der Waals surface area contributed by atoms with Gasteiger partial charge in [-0.05, 0) is 39.9 Å². The number of rotatable bonds is 7. The summed E-state index contributed by atoms with van der Waals surface area (Å²) in [6.45, 7) is 2.04. The molecular formula is C15H26N2O2. The first-order chi connectivity index (χ1) is 8.99. The van der Waals surface area contributed by atoms with E-state index in [0.29, 0.717) is 6.04 Å². The Morgan fingerprint density at radius 1 is 1.16 bits per heavy atom. The highest BCUT2D eigenvalue weighted by molar-refractivity contribution is 5.42. The molecule has 0 amide bonds. The van der Waals surface area contributed by atoms with Crippen molar-refractivity contribution >= 4 is 0 Å². The van der Waals surface area contributed by atoms with E-state index in [1.54, 1.807) is 14.2 Å². The van der Waals surface area contributed by atoms with Crippen molar-refractivity contribution in [1.82, 2.24) is 4.90 Å². The maximum absolute atomic E-state index is 5.87. The van der Waals surface area contributed by atoms with Crippen LogP contribution < -0.4 is 15.2 Å². The summed E-state index contributed by atoms with van der Waals surface area (Å²) in [6, 6.07) is 6.49. The maximum Gasteiger partial charge on any atom is 0.127 e. The molecule has 0 radical (unpaired) electrons. The Morgan fingerprint density at radius 2 is 1.84 bits per heavy atom. The highest BCUT2D eigenvalue weighted by atomic mass is 16.5. The number of benzene rings is 1. The third kappa shape index (κ3) is 4.40. The van der Waals surface area contributed by atoms with Crippen LogP contribution in [0.4, 0.5) is 0 Å². The first kappa shape index (κ1) is 15.8. The number of hydrogen-bond donors (Lipinski definition) is 1. The van der Waals surface area contributed by atoms with Gasteiger partial charge in [-0.25, -0.2) is 0 Å². The minimum Gasteiger partial charge on any atom is -0.497 e. The standard InChI is InChI=1S/C15H26N2O2/c1-11(16)6-9-14(17(2)3)13-8-7-12(18-4)10-15(13)19-5/h7-8,10-11,14H,6,9,16H2,1-5H3. The molecule has 4 nitrogen and oxygen atoms in total.